The van der Waals surface area contributed by atoms with Crippen LogP contribution in [0.3, 0.4) is 0 Å². The van der Waals surface area contributed by atoms with E-state index in [2.05, 4.69) is 19.9 Å². The molecule has 0 spiro atoms. The van der Waals surface area contributed by atoms with Crippen LogP contribution in [-0.4, -0.2) is 19.9 Å². The van der Waals surface area contributed by atoms with Crippen molar-refractivity contribution in [2.75, 3.05) is 0 Å². The monoisotopic (exact) mass is 260 g/mol. The van der Waals surface area contributed by atoms with Crippen LogP contribution >= 0.6 is 12.2 Å². The van der Waals surface area contributed by atoms with Crippen LogP contribution in [0.25, 0.3) is 0 Å². The minimum absolute atomic E-state index is 0.162. The van der Waals surface area contributed by atoms with Gasteiger partial charge in [-0.1, -0.05) is 0 Å². The first-order chi connectivity index (χ1) is 8.72. The van der Waals surface area contributed by atoms with Crippen molar-refractivity contribution in [2.24, 2.45) is 0 Å². The van der Waals surface area contributed by atoms with Gasteiger partial charge in [0.05, 0.1) is 0 Å². The Balaban J connectivity index is 1.83. The predicted molar refractivity (Wildman–Crippen MR) is 69.1 cm³/mol. The average Bonchev–Trinajstić information content (AvgIpc) is 3.18. The summed E-state index contributed by atoms with van der Waals surface area (Å²) in [5.74, 6) is 1.47. The minimum Gasteiger partial charge on any atom is -0.338 e. The van der Waals surface area contributed by atoms with Crippen LogP contribution in [-0.2, 0) is 6.42 Å². The van der Waals surface area contributed by atoms with E-state index in [1.165, 1.54) is 12.8 Å². The van der Waals surface area contributed by atoms with Crippen molar-refractivity contribution in [3.63, 3.8) is 0 Å². The molecule has 0 unspecified atom stereocenters. The van der Waals surface area contributed by atoms with Crippen LogP contribution in [0.15, 0.2) is 23.4 Å². The van der Waals surface area contributed by atoms with Crippen molar-refractivity contribution in [1.82, 2.24) is 19.9 Å². The van der Waals surface area contributed by atoms with E-state index in [-0.39, 0.29) is 5.56 Å². The third-order valence-electron chi connectivity index (χ3n) is 2.96. The molecule has 0 amide bonds. The number of aromatic nitrogens is 4. The van der Waals surface area contributed by atoms with Crippen molar-refractivity contribution < 1.29 is 0 Å². The van der Waals surface area contributed by atoms with Crippen LogP contribution in [0.5, 0.6) is 0 Å². The van der Waals surface area contributed by atoms with Crippen molar-refractivity contribution in [2.45, 2.75) is 25.2 Å². The van der Waals surface area contributed by atoms with Crippen LogP contribution in [0.1, 0.15) is 35.7 Å². The maximum Gasteiger partial charge on any atom is 0.255 e. The molecule has 0 aliphatic heterocycles. The summed E-state index contributed by atoms with van der Waals surface area (Å²) in [5.41, 5.74) is 1.40. The molecular weight excluding hydrogens is 248 g/mol. The van der Waals surface area contributed by atoms with Gasteiger partial charge in [-0.3, -0.25) is 9.78 Å². The van der Waals surface area contributed by atoms with Crippen molar-refractivity contribution in [3.8, 4) is 0 Å². The first-order valence-corrected chi connectivity index (χ1v) is 6.25. The predicted octanol–water partition coefficient (Wildman–Crippen LogP) is 1.69. The molecule has 1 saturated carbocycles. The fourth-order valence-electron chi connectivity index (χ4n) is 1.80. The zero-order valence-corrected chi connectivity index (χ0v) is 10.5. The molecule has 0 bridgehead atoms. The number of rotatable bonds is 3. The smallest absolute Gasteiger partial charge is 0.255 e. The van der Waals surface area contributed by atoms with Gasteiger partial charge in [0, 0.05) is 36.5 Å². The van der Waals surface area contributed by atoms with E-state index in [9.17, 15) is 4.79 Å². The van der Waals surface area contributed by atoms with Gasteiger partial charge in [-0.05, 0) is 30.6 Å². The Morgan fingerprint density at radius 2 is 2.06 bits per heavy atom. The molecule has 0 aromatic carbocycles. The topological polar surface area (TPSA) is 74.4 Å². The molecule has 3 rings (SSSR count). The van der Waals surface area contributed by atoms with E-state index in [0.717, 1.165) is 11.4 Å². The lowest BCUT2D eigenvalue weighted by Gasteiger charge is -2.01. The summed E-state index contributed by atoms with van der Waals surface area (Å²) < 4.78 is 0.337. The molecule has 0 saturated heterocycles. The molecule has 1 aliphatic rings. The Labute approximate surface area is 108 Å². The van der Waals surface area contributed by atoms with Crippen LogP contribution in [0.4, 0.5) is 0 Å². The second kappa shape index (κ2) is 4.45. The molecule has 5 nitrogen and oxygen atoms in total. The molecule has 0 radical (unpaired) electrons. The summed E-state index contributed by atoms with van der Waals surface area (Å²) in [4.78, 5) is 25.7. The van der Waals surface area contributed by atoms with Gasteiger partial charge in [-0.15, -0.1) is 0 Å². The highest BCUT2D eigenvalue weighted by Crippen LogP contribution is 2.37. The SMILES string of the molecule is O=c1[nH]c(=S)[nH]cc1Cc1cnc(C2CC2)nc1. The molecule has 1 fully saturated rings. The Morgan fingerprint density at radius 3 is 2.67 bits per heavy atom. The first kappa shape index (κ1) is 11.3. The summed E-state index contributed by atoms with van der Waals surface area (Å²) in [6.45, 7) is 0. The molecule has 1 aliphatic carbocycles. The zero-order chi connectivity index (χ0) is 12.5. The normalized spacial score (nSPS) is 14.7. The average molecular weight is 260 g/mol. The highest BCUT2D eigenvalue weighted by Gasteiger charge is 2.26. The number of hydrogen-bond donors (Lipinski definition) is 2. The molecule has 18 heavy (non-hydrogen) atoms. The number of H-pyrrole nitrogens is 2. The van der Waals surface area contributed by atoms with E-state index in [4.69, 9.17) is 12.2 Å². The Kier molecular flexibility index (Phi) is 2.79. The summed E-state index contributed by atoms with van der Waals surface area (Å²) in [6.07, 6.45) is 8.11. The third-order valence-corrected chi connectivity index (χ3v) is 3.18. The van der Waals surface area contributed by atoms with Gasteiger partial charge >= 0.3 is 0 Å². The Morgan fingerprint density at radius 1 is 1.33 bits per heavy atom. The lowest BCUT2D eigenvalue weighted by Crippen LogP contribution is -2.14. The van der Waals surface area contributed by atoms with E-state index < -0.39 is 0 Å². The highest BCUT2D eigenvalue weighted by molar-refractivity contribution is 7.71. The lowest BCUT2D eigenvalue weighted by molar-refractivity contribution is 0.902. The summed E-state index contributed by atoms with van der Waals surface area (Å²) in [7, 11) is 0. The molecule has 2 aromatic rings. The van der Waals surface area contributed by atoms with Gasteiger partial charge in [0.25, 0.3) is 5.56 Å². The van der Waals surface area contributed by atoms with Gasteiger partial charge in [0.15, 0.2) is 4.77 Å². The third kappa shape index (κ3) is 2.38. The van der Waals surface area contributed by atoms with E-state index in [1.54, 1.807) is 18.6 Å². The minimum atomic E-state index is -0.162. The fourth-order valence-corrected chi connectivity index (χ4v) is 1.95. The first-order valence-electron chi connectivity index (χ1n) is 5.84. The molecular formula is C12H12N4OS. The quantitative estimate of drug-likeness (QED) is 0.824. The standard InChI is InChI=1S/C12H12N4OS/c17-11-9(6-15-12(18)16-11)3-7-4-13-10(14-5-7)8-1-2-8/h4-6,8H,1-3H2,(H2,15,16,17,18). The van der Waals surface area contributed by atoms with Crippen molar-refractivity contribution in [3.05, 3.63) is 50.7 Å². The molecule has 2 heterocycles. The van der Waals surface area contributed by atoms with Gasteiger partial charge < -0.3 is 4.98 Å². The van der Waals surface area contributed by atoms with E-state index >= 15 is 0 Å². The highest BCUT2D eigenvalue weighted by atomic mass is 32.1. The largest absolute Gasteiger partial charge is 0.338 e. The van der Waals surface area contributed by atoms with Gasteiger partial charge in [-0.25, -0.2) is 9.97 Å². The van der Waals surface area contributed by atoms with Crippen molar-refractivity contribution in [1.29, 1.82) is 0 Å². The zero-order valence-electron chi connectivity index (χ0n) is 9.64. The summed E-state index contributed by atoms with van der Waals surface area (Å²) in [6, 6.07) is 0. The molecule has 2 aromatic heterocycles. The molecule has 92 valence electrons. The van der Waals surface area contributed by atoms with Crippen LogP contribution in [0.2, 0.25) is 0 Å². The maximum atomic E-state index is 11.6. The molecule has 0 atom stereocenters. The number of hydrogen-bond acceptors (Lipinski definition) is 4. The Hall–Kier alpha value is -1.82. The van der Waals surface area contributed by atoms with Gasteiger partial charge in [-0.2, -0.15) is 0 Å². The van der Waals surface area contributed by atoms with E-state index in [1.807, 2.05) is 0 Å². The molecule has 2 N–H and O–H groups in total. The summed E-state index contributed by atoms with van der Waals surface area (Å²) in [5, 5.41) is 0. The van der Waals surface area contributed by atoms with Gasteiger partial charge in [0.2, 0.25) is 0 Å². The second-order valence-corrected chi connectivity index (χ2v) is 4.91. The summed E-state index contributed by atoms with van der Waals surface area (Å²) >= 11 is 4.84. The Bertz CT molecular complexity index is 669. The number of nitrogens with one attached hydrogen (secondary N) is 2. The lowest BCUT2D eigenvalue weighted by atomic mass is 10.1. The van der Waals surface area contributed by atoms with Gasteiger partial charge in [0.1, 0.15) is 5.82 Å². The van der Waals surface area contributed by atoms with Crippen molar-refractivity contribution >= 4 is 12.2 Å². The number of aromatic amines is 2. The maximum absolute atomic E-state index is 11.6. The fraction of sp³-hybridized carbons (Fsp3) is 0.333. The number of nitrogens with zero attached hydrogens (tertiary/aromatic N) is 2. The van der Waals surface area contributed by atoms with E-state index in [0.29, 0.717) is 22.7 Å². The second-order valence-electron chi connectivity index (χ2n) is 4.50. The van der Waals surface area contributed by atoms with Crippen LogP contribution in [0, 0.1) is 4.77 Å². The molecule has 6 heteroatoms. The van der Waals surface area contributed by atoms with Crippen LogP contribution < -0.4 is 5.56 Å².